The van der Waals surface area contributed by atoms with Gasteiger partial charge in [-0.2, -0.15) is 13.2 Å². The van der Waals surface area contributed by atoms with Crippen LogP contribution in [-0.4, -0.2) is 20.3 Å². The largest absolute Gasteiger partial charge is 0.506 e. The third kappa shape index (κ3) is 3.25. The molecule has 26 heavy (non-hydrogen) atoms. The Balaban J connectivity index is 2.19. The van der Waals surface area contributed by atoms with E-state index in [2.05, 4.69) is 36.8 Å². The second kappa shape index (κ2) is 6.70. The summed E-state index contributed by atoms with van der Waals surface area (Å²) in [6.45, 7) is 1.77. The van der Waals surface area contributed by atoms with Crippen molar-refractivity contribution in [3.63, 3.8) is 0 Å². The second-order valence-corrected chi connectivity index (χ2v) is 7.23. The summed E-state index contributed by atoms with van der Waals surface area (Å²) < 4.78 is 40.7. The molecule has 3 rings (SSSR count). The average Bonchev–Trinajstić information content (AvgIpc) is 2.95. The molecule has 0 saturated carbocycles. The molecule has 2 heterocycles. The van der Waals surface area contributed by atoms with Crippen molar-refractivity contribution in [2.24, 2.45) is 0 Å². The highest BCUT2D eigenvalue weighted by molar-refractivity contribution is 9.11. The number of aryl methyl sites for hydroxylation is 1. The van der Waals surface area contributed by atoms with Gasteiger partial charge >= 0.3 is 6.18 Å². The van der Waals surface area contributed by atoms with Gasteiger partial charge in [-0.25, -0.2) is 4.98 Å². The first-order valence-corrected chi connectivity index (χ1v) is 9.03. The molecule has 0 spiro atoms. The Bertz CT molecular complexity index is 1010. The number of carbonyl (C=O) groups excluding carboxylic acids is 1. The minimum Gasteiger partial charge on any atom is -0.506 e. The average molecular weight is 492 g/mol. The zero-order chi connectivity index (χ0) is 19.2. The quantitative estimate of drug-likeness (QED) is 0.500. The minimum atomic E-state index is -4.49. The van der Waals surface area contributed by atoms with Crippen molar-refractivity contribution in [3.05, 3.63) is 61.9 Å². The first kappa shape index (κ1) is 18.9. The molecule has 0 aliphatic carbocycles. The number of hydrogen-bond acceptors (Lipinski definition) is 3. The number of ketones is 1. The number of imidazole rings is 1. The van der Waals surface area contributed by atoms with Crippen molar-refractivity contribution >= 4 is 43.3 Å². The molecule has 4 nitrogen and oxygen atoms in total. The van der Waals surface area contributed by atoms with E-state index in [9.17, 15) is 23.1 Å². The normalized spacial score (nSPS) is 11.9. The number of rotatable bonds is 3. The number of fused-ring (bicyclic) bond motifs is 1. The van der Waals surface area contributed by atoms with Gasteiger partial charge in [0.25, 0.3) is 0 Å². The van der Waals surface area contributed by atoms with Crippen LogP contribution in [0.3, 0.4) is 0 Å². The zero-order valence-corrected chi connectivity index (χ0v) is 16.4. The Morgan fingerprint density at radius 1 is 1.23 bits per heavy atom. The van der Waals surface area contributed by atoms with E-state index >= 15 is 0 Å². The van der Waals surface area contributed by atoms with Crippen molar-refractivity contribution in [1.29, 1.82) is 0 Å². The molecule has 0 atom stereocenters. The van der Waals surface area contributed by atoms with E-state index in [0.717, 1.165) is 12.1 Å². The molecule has 0 bridgehead atoms. The number of halogens is 5. The zero-order valence-electron chi connectivity index (χ0n) is 13.2. The van der Waals surface area contributed by atoms with E-state index < -0.39 is 17.5 Å². The standard InChI is InChI=1S/C17H11Br2F3N2O2/c1-2-12-14(15(25)8-5-10(18)16(26)11(19)6-8)24-4-3-9(17(20,21)22)7-13(24)23-12/h3-7,26H,2H2,1H3. The molecule has 2 aromatic heterocycles. The molecule has 0 unspecified atom stereocenters. The fourth-order valence-corrected chi connectivity index (χ4v) is 3.78. The maximum absolute atomic E-state index is 13.0. The van der Waals surface area contributed by atoms with Gasteiger partial charge in [-0.1, -0.05) is 6.92 Å². The number of carbonyl (C=O) groups is 1. The van der Waals surface area contributed by atoms with Gasteiger partial charge in [0.05, 0.1) is 20.2 Å². The number of phenols is 1. The van der Waals surface area contributed by atoms with Gasteiger partial charge in [0.1, 0.15) is 17.1 Å². The monoisotopic (exact) mass is 490 g/mol. The second-order valence-electron chi connectivity index (χ2n) is 5.52. The molecule has 0 saturated heterocycles. The van der Waals surface area contributed by atoms with Crippen LogP contribution < -0.4 is 0 Å². The van der Waals surface area contributed by atoms with Gasteiger partial charge in [0, 0.05) is 11.8 Å². The number of phenolic OH excluding ortho intramolecular Hbond substituents is 1. The lowest BCUT2D eigenvalue weighted by Crippen LogP contribution is -2.09. The molecule has 0 radical (unpaired) electrons. The van der Waals surface area contributed by atoms with Crippen molar-refractivity contribution in [2.75, 3.05) is 0 Å². The summed E-state index contributed by atoms with van der Waals surface area (Å²) in [6, 6.07) is 4.73. The number of alkyl halides is 3. The Hall–Kier alpha value is -1.87. The van der Waals surface area contributed by atoms with Crippen LogP contribution in [0.2, 0.25) is 0 Å². The Labute approximate surface area is 162 Å². The van der Waals surface area contributed by atoms with Gasteiger partial charge < -0.3 is 5.11 Å². The molecule has 3 aromatic rings. The first-order chi connectivity index (χ1) is 12.1. The summed E-state index contributed by atoms with van der Waals surface area (Å²) in [4.78, 5) is 17.2. The van der Waals surface area contributed by atoms with Crippen LogP contribution in [-0.2, 0) is 12.6 Å². The molecular formula is C17H11Br2F3N2O2. The SMILES string of the molecule is CCc1nc2cc(C(F)(F)F)ccn2c1C(=O)c1cc(Br)c(O)c(Br)c1. The third-order valence-electron chi connectivity index (χ3n) is 3.85. The molecule has 0 aliphatic rings. The van der Waals surface area contributed by atoms with E-state index in [1.54, 1.807) is 6.92 Å². The van der Waals surface area contributed by atoms with Gasteiger partial charge in [-0.05, 0) is 62.5 Å². The fraction of sp³-hybridized carbons (Fsp3) is 0.176. The Morgan fingerprint density at radius 2 is 1.85 bits per heavy atom. The van der Waals surface area contributed by atoms with E-state index in [1.165, 1.54) is 22.7 Å². The molecule has 0 amide bonds. The van der Waals surface area contributed by atoms with Crippen LogP contribution in [0.5, 0.6) is 5.75 Å². The van der Waals surface area contributed by atoms with Crippen molar-refractivity contribution in [3.8, 4) is 5.75 Å². The van der Waals surface area contributed by atoms with Crippen LogP contribution in [0.1, 0.15) is 34.2 Å². The first-order valence-electron chi connectivity index (χ1n) is 7.44. The molecule has 136 valence electrons. The van der Waals surface area contributed by atoms with Crippen molar-refractivity contribution in [1.82, 2.24) is 9.38 Å². The van der Waals surface area contributed by atoms with Crippen LogP contribution >= 0.6 is 31.9 Å². The highest BCUT2D eigenvalue weighted by Gasteiger charge is 2.31. The smallest absolute Gasteiger partial charge is 0.416 e. The maximum Gasteiger partial charge on any atom is 0.416 e. The summed E-state index contributed by atoms with van der Waals surface area (Å²) in [5.74, 6) is -0.458. The summed E-state index contributed by atoms with van der Waals surface area (Å²) in [5, 5.41) is 9.79. The van der Waals surface area contributed by atoms with Gasteiger partial charge in [-0.15, -0.1) is 0 Å². The topological polar surface area (TPSA) is 54.6 Å². The Kier molecular flexibility index (Phi) is 4.87. The summed E-state index contributed by atoms with van der Waals surface area (Å²) in [6.07, 6.45) is -2.91. The fourth-order valence-electron chi connectivity index (χ4n) is 2.59. The maximum atomic E-state index is 13.0. The number of aromatic hydroxyl groups is 1. The van der Waals surface area contributed by atoms with E-state index in [0.29, 0.717) is 21.1 Å². The lowest BCUT2D eigenvalue weighted by Gasteiger charge is -2.09. The van der Waals surface area contributed by atoms with Gasteiger partial charge in [-0.3, -0.25) is 9.20 Å². The molecule has 1 aromatic carbocycles. The third-order valence-corrected chi connectivity index (χ3v) is 5.06. The highest BCUT2D eigenvalue weighted by atomic mass is 79.9. The number of nitrogens with zero attached hydrogens (tertiary/aromatic N) is 2. The van der Waals surface area contributed by atoms with Crippen LogP contribution in [0, 0.1) is 0 Å². The minimum absolute atomic E-state index is 0.0507. The summed E-state index contributed by atoms with van der Waals surface area (Å²) in [5.41, 5.74) is 0.0806. The van der Waals surface area contributed by atoms with Crippen LogP contribution in [0.25, 0.3) is 5.65 Å². The molecular weight excluding hydrogens is 481 g/mol. The molecule has 0 fully saturated rings. The van der Waals surface area contributed by atoms with E-state index in [1.807, 2.05) is 0 Å². The summed E-state index contributed by atoms with van der Waals surface area (Å²) in [7, 11) is 0. The number of aromatic nitrogens is 2. The Morgan fingerprint density at radius 3 is 2.38 bits per heavy atom. The van der Waals surface area contributed by atoms with E-state index in [4.69, 9.17) is 0 Å². The lowest BCUT2D eigenvalue weighted by molar-refractivity contribution is -0.137. The van der Waals surface area contributed by atoms with E-state index in [-0.39, 0.29) is 22.7 Å². The van der Waals surface area contributed by atoms with Crippen molar-refractivity contribution in [2.45, 2.75) is 19.5 Å². The van der Waals surface area contributed by atoms with Gasteiger partial charge in [0.15, 0.2) is 0 Å². The number of benzene rings is 1. The van der Waals surface area contributed by atoms with Crippen LogP contribution in [0.15, 0.2) is 39.4 Å². The van der Waals surface area contributed by atoms with Crippen LogP contribution in [0.4, 0.5) is 13.2 Å². The highest BCUT2D eigenvalue weighted by Crippen LogP contribution is 2.35. The summed E-state index contributed by atoms with van der Waals surface area (Å²) >= 11 is 6.33. The number of pyridine rings is 1. The lowest BCUT2D eigenvalue weighted by atomic mass is 10.1. The molecule has 1 N–H and O–H groups in total. The predicted octanol–water partition coefficient (Wildman–Crippen LogP) is 5.38. The predicted molar refractivity (Wildman–Crippen MR) is 96.5 cm³/mol. The molecule has 9 heteroatoms. The molecule has 0 aliphatic heterocycles. The number of hydrogen-bond donors (Lipinski definition) is 1. The van der Waals surface area contributed by atoms with Gasteiger partial charge in [0.2, 0.25) is 5.78 Å². The van der Waals surface area contributed by atoms with Crippen molar-refractivity contribution < 1.29 is 23.1 Å².